The van der Waals surface area contributed by atoms with Crippen LogP contribution in [0.2, 0.25) is 0 Å². The van der Waals surface area contributed by atoms with Crippen LogP contribution in [0.15, 0.2) is 65.1 Å². The summed E-state index contributed by atoms with van der Waals surface area (Å²) in [5.41, 5.74) is 1.76. The molecule has 4 aromatic rings. The molecule has 4 rings (SSSR count). The fourth-order valence-corrected chi connectivity index (χ4v) is 4.59. The van der Waals surface area contributed by atoms with Crippen LogP contribution in [-0.4, -0.2) is 38.0 Å². The maximum atomic E-state index is 12.7. The van der Waals surface area contributed by atoms with Gasteiger partial charge >= 0.3 is 0 Å². The highest BCUT2D eigenvalue weighted by atomic mass is 32.2. The van der Waals surface area contributed by atoms with E-state index in [1.807, 2.05) is 78.4 Å². The van der Waals surface area contributed by atoms with E-state index in [2.05, 4.69) is 20.5 Å². The number of methoxy groups -OCH3 is 1. The second-order valence-corrected chi connectivity index (χ2v) is 9.22. The first-order valence-corrected chi connectivity index (χ1v) is 12.0. The lowest BCUT2D eigenvalue weighted by Crippen LogP contribution is -2.23. The van der Waals surface area contributed by atoms with Crippen LogP contribution in [0.3, 0.4) is 0 Å². The molecule has 0 fully saturated rings. The number of benzene rings is 2. The number of anilines is 1. The first-order valence-electron chi connectivity index (χ1n) is 10.2. The molecule has 0 bridgehead atoms. The van der Waals surface area contributed by atoms with Crippen LogP contribution in [0.5, 0.6) is 11.5 Å². The molecule has 170 valence electrons. The predicted molar refractivity (Wildman–Crippen MR) is 129 cm³/mol. The number of amides is 1. The van der Waals surface area contributed by atoms with Crippen molar-refractivity contribution < 1.29 is 14.3 Å². The fraction of sp³-hybridized carbons (Fsp3) is 0.217. The van der Waals surface area contributed by atoms with Gasteiger partial charge in [-0.25, -0.2) is 4.98 Å². The van der Waals surface area contributed by atoms with Crippen molar-refractivity contribution >= 4 is 34.1 Å². The molecule has 2 aromatic carbocycles. The van der Waals surface area contributed by atoms with Gasteiger partial charge in [-0.1, -0.05) is 42.1 Å². The van der Waals surface area contributed by atoms with Crippen LogP contribution in [0.1, 0.15) is 18.4 Å². The summed E-state index contributed by atoms with van der Waals surface area (Å²) in [6.45, 7) is 3.90. The lowest BCUT2D eigenvalue weighted by Gasteiger charge is -2.14. The number of para-hydroxylation sites is 3. The number of nitrogens with zero attached hydrogens (tertiary/aromatic N) is 4. The van der Waals surface area contributed by atoms with Crippen molar-refractivity contribution in [2.45, 2.75) is 30.9 Å². The Labute approximate surface area is 200 Å². The summed E-state index contributed by atoms with van der Waals surface area (Å²) < 4.78 is 13.2. The van der Waals surface area contributed by atoms with Gasteiger partial charge in [0, 0.05) is 11.1 Å². The molecule has 0 saturated carbocycles. The number of aryl methyl sites for hydroxylation is 1. The third-order valence-electron chi connectivity index (χ3n) is 4.64. The standard InChI is InChI=1S/C23H23N5O3S2/c1-15-14-32-22(24-15)25-21(29)16(2)33-23-27-26-20(28(23)17-9-5-4-6-10-17)13-31-19-12-8-7-11-18(19)30-3/h4-12,14,16H,13H2,1-3H3,(H,24,25,29)/t16-/m1/s1. The van der Waals surface area contributed by atoms with Gasteiger partial charge in [0.1, 0.15) is 6.61 Å². The van der Waals surface area contributed by atoms with E-state index in [0.29, 0.717) is 27.6 Å². The number of nitrogens with one attached hydrogen (secondary N) is 1. The van der Waals surface area contributed by atoms with Crippen LogP contribution in [-0.2, 0) is 11.4 Å². The third-order valence-corrected chi connectivity index (χ3v) is 6.56. The quantitative estimate of drug-likeness (QED) is 0.345. The topological polar surface area (TPSA) is 91.2 Å². The van der Waals surface area contributed by atoms with Gasteiger partial charge in [-0.15, -0.1) is 21.5 Å². The zero-order chi connectivity index (χ0) is 23.2. The normalized spacial score (nSPS) is 11.7. The van der Waals surface area contributed by atoms with Crippen LogP contribution >= 0.6 is 23.1 Å². The van der Waals surface area contributed by atoms with Crippen molar-refractivity contribution in [3.05, 3.63) is 71.5 Å². The maximum Gasteiger partial charge on any atom is 0.239 e. The number of carbonyl (C=O) groups is 1. The Morgan fingerprint density at radius 1 is 1.12 bits per heavy atom. The Morgan fingerprint density at radius 3 is 2.55 bits per heavy atom. The third kappa shape index (κ3) is 5.52. The maximum absolute atomic E-state index is 12.7. The van der Waals surface area contributed by atoms with Crippen molar-refractivity contribution in [1.29, 1.82) is 0 Å². The first kappa shape index (κ1) is 22.8. The van der Waals surface area contributed by atoms with E-state index >= 15 is 0 Å². The second kappa shape index (κ2) is 10.5. The molecule has 2 heterocycles. The Bertz CT molecular complexity index is 1230. The minimum atomic E-state index is -0.413. The molecule has 0 aliphatic carbocycles. The number of thiazole rings is 1. The van der Waals surface area contributed by atoms with Crippen molar-refractivity contribution in [2.75, 3.05) is 12.4 Å². The van der Waals surface area contributed by atoms with Crippen LogP contribution in [0.25, 0.3) is 5.69 Å². The van der Waals surface area contributed by atoms with Gasteiger partial charge in [-0.3, -0.25) is 9.36 Å². The first-order chi connectivity index (χ1) is 16.0. The van der Waals surface area contributed by atoms with Gasteiger partial charge in [-0.2, -0.15) is 0 Å². The van der Waals surface area contributed by atoms with Crippen LogP contribution in [0.4, 0.5) is 5.13 Å². The molecule has 0 spiro atoms. The van der Waals surface area contributed by atoms with Crippen LogP contribution < -0.4 is 14.8 Å². The monoisotopic (exact) mass is 481 g/mol. The highest BCUT2D eigenvalue weighted by Crippen LogP contribution is 2.29. The summed E-state index contributed by atoms with van der Waals surface area (Å²) in [4.78, 5) is 17.0. The molecule has 10 heteroatoms. The number of thioether (sulfide) groups is 1. The fourth-order valence-electron chi connectivity index (χ4n) is 3.02. The van der Waals surface area contributed by atoms with Gasteiger partial charge < -0.3 is 14.8 Å². The number of rotatable bonds is 9. The summed E-state index contributed by atoms with van der Waals surface area (Å²) in [6.07, 6.45) is 0. The second-order valence-electron chi connectivity index (χ2n) is 7.05. The lowest BCUT2D eigenvalue weighted by molar-refractivity contribution is -0.115. The average Bonchev–Trinajstić information content (AvgIpc) is 3.43. The number of ether oxygens (including phenoxy) is 2. The van der Waals surface area contributed by atoms with E-state index in [-0.39, 0.29) is 12.5 Å². The average molecular weight is 482 g/mol. The SMILES string of the molecule is COc1ccccc1OCc1nnc(S[C@H](C)C(=O)Nc2nc(C)cs2)n1-c1ccccc1. The van der Waals surface area contributed by atoms with Gasteiger partial charge in [-0.05, 0) is 38.1 Å². The minimum absolute atomic E-state index is 0.149. The van der Waals surface area contributed by atoms with Gasteiger partial charge in [0.2, 0.25) is 5.91 Å². The summed E-state index contributed by atoms with van der Waals surface area (Å²) in [5.74, 6) is 1.71. The van der Waals surface area contributed by atoms with E-state index < -0.39 is 5.25 Å². The summed E-state index contributed by atoms with van der Waals surface area (Å²) in [5, 5.41) is 14.2. The number of aromatic nitrogens is 4. The van der Waals surface area contributed by atoms with E-state index in [0.717, 1.165) is 11.4 Å². The molecule has 33 heavy (non-hydrogen) atoms. The van der Waals surface area contributed by atoms with Gasteiger partial charge in [0.25, 0.3) is 0 Å². The van der Waals surface area contributed by atoms with E-state index in [1.165, 1.54) is 23.1 Å². The number of hydrogen-bond acceptors (Lipinski definition) is 8. The molecule has 0 saturated heterocycles. The summed E-state index contributed by atoms with van der Waals surface area (Å²) >= 11 is 2.72. The smallest absolute Gasteiger partial charge is 0.239 e. The molecular formula is C23H23N5O3S2. The molecule has 0 aliphatic heterocycles. The largest absolute Gasteiger partial charge is 0.493 e. The number of hydrogen-bond donors (Lipinski definition) is 1. The lowest BCUT2D eigenvalue weighted by atomic mass is 10.3. The Morgan fingerprint density at radius 2 is 1.85 bits per heavy atom. The van der Waals surface area contributed by atoms with Gasteiger partial charge in [0.15, 0.2) is 27.6 Å². The molecular weight excluding hydrogens is 458 g/mol. The van der Waals surface area contributed by atoms with E-state index in [9.17, 15) is 4.79 Å². The molecule has 1 amide bonds. The molecule has 0 aliphatic rings. The van der Waals surface area contributed by atoms with Crippen LogP contribution in [0, 0.1) is 6.92 Å². The Hall–Kier alpha value is -3.37. The summed E-state index contributed by atoms with van der Waals surface area (Å²) in [7, 11) is 1.60. The molecule has 2 aromatic heterocycles. The minimum Gasteiger partial charge on any atom is -0.493 e. The van der Waals surface area contributed by atoms with Crippen molar-refractivity contribution in [1.82, 2.24) is 19.7 Å². The van der Waals surface area contributed by atoms with Crippen molar-refractivity contribution in [2.24, 2.45) is 0 Å². The van der Waals surface area contributed by atoms with Crippen molar-refractivity contribution in [3.63, 3.8) is 0 Å². The Kier molecular flexibility index (Phi) is 7.26. The molecule has 0 unspecified atom stereocenters. The van der Waals surface area contributed by atoms with Crippen molar-refractivity contribution in [3.8, 4) is 17.2 Å². The van der Waals surface area contributed by atoms with E-state index in [4.69, 9.17) is 9.47 Å². The predicted octanol–water partition coefficient (Wildman–Crippen LogP) is 4.74. The highest BCUT2D eigenvalue weighted by molar-refractivity contribution is 8.00. The number of carbonyl (C=O) groups excluding carboxylic acids is 1. The Balaban J connectivity index is 1.55. The molecule has 8 nitrogen and oxygen atoms in total. The summed E-state index contributed by atoms with van der Waals surface area (Å²) in [6, 6.07) is 17.2. The molecule has 1 N–H and O–H groups in total. The zero-order valence-electron chi connectivity index (χ0n) is 18.4. The molecule has 1 atom stereocenters. The zero-order valence-corrected chi connectivity index (χ0v) is 20.0. The van der Waals surface area contributed by atoms with Gasteiger partial charge in [0.05, 0.1) is 18.1 Å². The highest BCUT2D eigenvalue weighted by Gasteiger charge is 2.22. The van der Waals surface area contributed by atoms with E-state index in [1.54, 1.807) is 7.11 Å². The molecule has 0 radical (unpaired) electrons.